The molecule has 1 saturated carbocycles. The standard InChI is InChI=1S/C18H27ClN2.C4H4O4/c19-18-9-5-4-8-16(18)14-21(17-10-11-20-12-17)13-15-6-2-1-3-7-15;5-3(6)1-2-4(7)8/h4-5,8-9,15,17,20H,1-3,6-7,10-14H2;1-2H,(H,5,6)(H,7,8)/b;2-1+. The topological polar surface area (TPSA) is 89.9 Å². The molecule has 1 atom stereocenters. The van der Waals surface area contributed by atoms with E-state index in [9.17, 15) is 9.59 Å². The van der Waals surface area contributed by atoms with Gasteiger partial charge in [-0.3, -0.25) is 4.90 Å². The zero-order chi connectivity index (χ0) is 21.1. The summed E-state index contributed by atoms with van der Waals surface area (Å²) in [6, 6.07) is 9.01. The van der Waals surface area contributed by atoms with Crippen molar-refractivity contribution in [2.24, 2.45) is 5.92 Å². The van der Waals surface area contributed by atoms with E-state index < -0.39 is 11.9 Å². The maximum absolute atomic E-state index is 9.55. The monoisotopic (exact) mass is 422 g/mol. The quantitative estimate of drug-likeness (QED) is 0.579. The molecule has 2 aliphatic rings. The van der Waals surface area contributed by atoms with Gasteiger partial charge in [0.2, 0.25) is 0 Å². The van der Waals surface area contributed by atoms with E-state index in [0.717, 1.165) is 30.6 Å². The minimum Gasteiger partial charge on any atom is -0.478 e. The van der Waals surface area contributed by atoms with E-state index in [1.54, 1.807) is 0 Å². The van der Waals surface area contributed by atoms with Gasteiger partial charge in [0.05, 0.1) is 0 Å². The third-order valence-corrected chi connectivity index (χ3v) is 5.84. The van der Waals surface area contributed by atoms with E-state index in [1.165, 1.54) is 50.6 Å². The second-order valence-corrected chi connectivity index (χ2v) is 8.09. The van der Waals surface area contributed by atoms with Crippen LogP contribution in [0.3, 0.4) is 0 Å². The number of nitrogens with zero attached hydrogens (tertiary/aromatic N) is 1. The van der Waals surface area contributed by atoms with Crippen molar-refractivity contribution in [3.8, 4) is 0 Å². The summed E-state index contributed by atoms with van der Waals surface area (Å²) in [5.74, 6) is -1.62. The Hall–Kier alpha value is -1.89. The zero-order valence-corrected chi connectivity index (χ0v) is 17.5. The van der Waals surface area contributed by atoms with Crippen LogP contribution in [0.25, 0.3) is 0 Å². The maximum Gasteiger partial charge on any atom is 0.328 e. The van der Waals surface area contributed by atoms with Crippen LogP contribution in [0.5, 0.6) is 0 Å². The van der Waals surface area contributed by atoms with Gasteiger partial charge in [-0.15, -0.1) is 0 Å². The first-order chi connectivity index (χ1) is 14.0. The largest absolute Gasteiger partial charge is 0.478 e. The summed E-state index contributed by atoms with van der Waals surface area (Å²) in [6.07, 6.45) is 9.51. The van der Waals surface area contributed by atoms with Gasteiger partial charge in [-0.1, -0.05) is 49.1 Å². The molecule has 1 aliphatic carbocycles. The SMILES string of the molecule is Clc1ccccc1CN(CC1CCCCC1)C1CCNC1.O=C(O)/C=C/C(=O)O. The number of carboxylic acids is 2. The molecule has 1 heterocycles. The molecule has 0 amide bonds. The number of aliphatic carboxylic acids is 2. The van der Waals surface area contributed by atoms with Gasteiger partial charge >= 0.3 is 11.9 Å². The molecule has 0 spiro atoms. The van der Waals surface area contributed by atoms with Crippen LogP contribution in [0, 0.1) is 5.92 Å². The van der Waals surface area contributed by atoms with Crippen LogP contribution < -0.4 is 5.32 Å². The Morgan fingerprint density at radius 1 is 1.07 bits per heavy atom. The lowest BCUT2D eigenvalue weighted by atomic mass is 9.88. The second-order valence-electron chi connectivity index (χ2n) is 7.68. The average Bonchev–Trinajstić information content (AvgIpc) is 3.24. The first kappa shape index (κ1) is 23.4. The highest BCUT2D eigenvalue weighted by Crippen LogP contribution is 2.27. The number of benzene rings is 1. The van der Waals surface area contributed by atoms with Crippen LogP contribution in [0.15, 0.2) is 36.4 Å². The molecule has 29 heavy (non-hydrogen) atoms. The van der Waals surface area contributed by atoms with Gasteiger partial charge in [0.25, 0.3) is 0 Å². The third-order valence-electron chi connectivity index (χ3n) is 5.47. The molecule has 1 saturated heterocycles. The number of rotatable bonds is 7. The highest BCUT2D eigenvalue weighted by molar-refractivity contribution is 6.31. The first-order valence-corrected chi connectivity index (χ1v) is 10.7. The fourth-order valence-corrected chi connectivity index (χ4v) is 4.18. The summed E-state index contributed by atoms with van der Waals surface area (Å²) in [4.78, 5) is 21.8. The molecule has 2 fully saturated rings. The summed E-state index contributed by atoms with van der Waals surface area (Å²) in [5.41, 5.74) is 1.28. The highest BCUT2D eigenvalue weighted by atomic mass is 35.5. The number of halogens is 1. The molecular formula is C22H31ClN2O4. The molecule has 1 aromatic rings. The number of carboxylic acid groups (broad SMARTS) is 2. The fraction of sp³-hybridized carbons (Fsp3) is 0.545. The molecule has 160 valence electrons. The third kappa shape index (κ3) is 8.98. The van der Waals surface area contributed by atoms with Crippen LogP contribution in [-0.2, 0) is 16.1 Å². The Morgan fingerprint density at radius 2 is 1.72 bits per heavy atom. The Balaban J connectivity index is 0.000000321. The molecule has 0 radical (unpaired) electrons. The van der Waals surface area contributed by atoms with Gasteiger partial charge in [0.1, 0.15) is 0 Å². The number of carbonyl (C=O) groups is 2. The van der Waals surface area contributed by atoms with Crippen LogP contribution in [0.2, 0.25) is 5.02 Å². The molecule has 0 aromatic heterocycles. The summed E-state index contributed by atoms with van der Waals surface area (Å²) in [5, 5.41) is 20.1. The van der Waals surface area contributed by atoms with Gasteiger partial charge in [-0.25, -0.2) is 9.59 Å². The Labute approximate surface area is 177 Å². The summed E-state index contributed by atoms with van der Waals surface area (Å²) < 4.78 is 0. The number of hydrogen-bond acceptors (Lipinski definition) is 4. The molecule has 1 aromatic carbocycles. The smallest absolute Gasteiger partial charge is 0.328 e. The van der Waals surface area contributed by atoms with Crippen molar-refractivity contribution in [3.05, 3.63) is 47.0 Å². The first-order valence-electron chi connectivity index (χ1n) is 10.3. The predicted molar refractivity (Wildman–Crippen MR) is 114 cm³/mol. The van der Waals surface area contributed by atoms with Gasteiger partial charge in [-0.2, -0.15) is 0 Å². The van der Waals surface area contributed by atoms with Gasteiger partial charge in [-0.05, 0) is 43.4 Å². The molecule has 0 bridgehead atoms. The normalized spacial score (nSPS) is 19.9. The van der Waals surface area contributed by atoms with Crippen LogP contribution >= 0.6 is 11.6 Å². The van der Waals surface area contributed by atoms with Crippen molar-refractivity contribution < 1.29 is 19.8 Å². The van der Waals surface area contributed by atoms with Crippen molar-refractivity contribution in [1.29, 1.82) is 0 Å². The van der Waals surface area contributed by atoms with Gasteiger partial charge in [0, 0.05) is 42.9 Å². The average molecular weight is 423 g/mol. The zero-order valence-electron chi connectivity index (χ0n) is 16.7. The van der Waals surface area contributed by atoms with Crippen LogP contribution in [0.1, 0.15) is 44.1 Å². The Morgan fingerprint density at radius 3 is 2.28 bits per heavy atom. The van der Waals surface area contributed by atoms with Crippen molar-refractivity contribution in [2.45, 2.75) is 51.1 Å². The van der Waals surface area contributed by atoms with E-state index in [4.69, 9.17) is 21.8 Å². The van der Waals surface area contributed by atoms with Crippen molar-refractivity contribution in [3.63, 3.8) is 0 Å². The predicted octanol–water partition coefficient (Wildman–Crippen LogP) is 3.80. The fourth-order valence-electron chi connectivity index (χ4n) is 3.98. The molecule has 6 nitrogen and oxygen atoms in total. The molecular weight excluding hydrogens is 392 g/mol. The number of nitrogens with one attached hydrogen (secondary N) is 1. The Bertz CT molecular complexity index is 667. The van der Waals surface area contributed by atoms with E-state index in [1.807, 2.05) is 12.1 Å². The molecule has 3 N–H and O–H groups in total. The summed E-state index contributed by atoms with van der Waals surface area (Å²) in [7, 11) is 0. The van der Waals surface area contributed by atoms with Crippen molar-refractivity contribution in [2.75, 3.05) is 19.6 Å². The molecule has 3 rings (SSSR count). The van der Waals surface area contributed by atoms with E-state index in [-0.39, 0.29) is 0 Å². The lowest BCUT2D eigenvalue weighted by Crippen LogP contribution is -2.40. The molecule has 1 aliphatic heterocycles. The number of hydrogen-bond donors (Lipinski definition) is 3. The lowest BCUT2D eigenvalue weighted by Gasteiger charge is -2.34. The summed E-state index contributed by atoms with van der Waals surface area (Å²) >= 11 is 6.38. The van der Waals surface area contributed by atoms with E-state index in [2.05, 4.69) is 22.3 Å². The van der Waals surface area contributed by atoms with Crippen molar-refractivity contribution >= 4 is 23.5 Å². The van der Waals surface area contributed by atoms with Crippen molar-refractivity contribution in [1.82, 2.24) is 10.2 Å². The second kappa shape index (κ2) is 12.6. The summed E-state index contributed by atoms with van der Waals surface area (Å²) in [6.45, 7) is 4.55. The minimum atomic E-state index is -1.26. The molecule has 1 unspecified atom stereocenters. The van der Waals surface area contributed by atoms with Crippen LogP contribution in [0.4, 0.5) is 0 Å². The Kier molecular flexibility index (Phi) is 10.2. The van der Waals surface area contributed by atoms with Gasteiger partial charge in [0.15, 0.2) is 0 Å². The highest BCUT2D eigenvalue weighted by Gasteiger charge is 2.26. The van der Waals surface area contributed by atoms with E-state index in [0.29, 0.717) is 18.2 Å². The minimum absolute atomic E-state index is 0.558. The maximum atomic E-state index is 9.55. The van der Waals surface area contributed by atoms with E-state index >= 15 is 0 Å². The molecule has 7 heteroatoms. The van der Waals surface area contributed by atoms with Crippen LogP contribution in [-0.4, -0.2) is 52.7 Å². The lowest BCUT2D eigenvalue weighted by molar-refractivity contribution is -0.134. The van der Waals surface area contributed by atoms with Gasteiger partial charge < -0.3 is 15.5 Å².